The van der Waals surface area contributed by atoms with Crippen LogP contribution in [-0.2, 0) is 7.05 Å². The standard InChI is InChI=1S/C19H25N3O3/c1-12(2)15-10-14(18(23)22-7-5-20(3)6-8-22)9-13-11-16(19(24)25)21(4)17(13)15/h9-12H,5-8H2,1-4H3,(H,24,25). The summed E-state index contributed by atoms with van der Waals surface area (Å²) in [5.74, 6) is -0.740. The molecule has 0 unspecified atom stereocenters. The van der Waals surface area contributed by atoms with Gasteiger partial charge < -0.3 is 19.5 Å². The minimum absolute atomic E-state index is 0.0256. The lowest BCUT2D eigenvalue weighted by molar-refractivity contribution is 0.0661. The SMILES string of the molecule is CC(C)c1cc(C(=O)N2CCN(C)CC2)cc2cc(C(=O)O)n(C)c12. The van der Waals surface area contributed by atoms with Gasteiger partial charge in [-0.15, -0.1) is 0 Å². The first-order chi connectivity index (χ1) is 11.8. The molecule has 0 bridgehead atoms. The fourth-order valence-corrected chi connectivity index (χ4v) is 3.50. The van der Waals surface area contributed by atoms with E-state index >= 15 is 0 Å². The molecule has 0 aliphatic carbocycles. The number of nitrogens with zero attached hydrogens (tertiary/aromatic N) is 3. The minimum Gasteiger partial charge on any atom is -0.477 e. The second-order valence-electron chi connectivity index (χ2n) is 7.15. The van der Waals surface area contributed by atoms with Gasteiger partial charge in [-0.05, 0) is 36.7 Å². The zero-order chi connectivity index (χ0) is 18.3. The summed E-state index contributed by atoms with van der Waals surface area (Å²) in [6, 6.07) is 5.41. The van der Waals surface area contributed by atoms with Gasteiger partial charge in [0.25, 0.3) is 5.91 Å². The molecule has 2 aromatic rings. The Kier molecular flexibility index (Phi) is 4.56. The normalized spacial score (nSPS) is 16.0. The van der Waals surface area contributed by atoms with Crippen LogP contribution < -0.4 is 0 Å². The number of aromatic carboxylic acids is 1. The van der Waals surface area contributed by atoms with Gasteiger partial charge in [0.05, 0.1) is 5.52 Å². The van der Waals surface area contributed by atoms with E-state index in [0.29, 0.717) is 5.56 Å². The molecule has 0 spiro atoms. The lowest BCUT2D eigenvalue weighted by atomic mass is 9.97. The van der Waals surface area contributed by atoms with Crippen molar-refractivity contribution in [2.45, 2.75) is 19.8 Å². The van der Waals surface area contributed by atoms with Crippen LogP contribution in [0.3, 0.4) is 0 Å². The molecule has 6 heteroatoms. The van der Waals surface area contributed by atoms with E-state index in [4.69, 9.17) is 0 Å². The van der Waals surface area contributed by atoms with Crippen LogP contribution in [0.15, 0.2) is 18.2 Å². The molecule has 0 saturated carbocycles. The second kappa shape index (κ2) is 6.52. The van der Waals surface area contributed by atoms with E-state index in [2.05, 4.69) is 25.8 Å². The zero-order valence-corrected chi connectivity index (χ0v) is 15.2. The van der Waals surface area contributed by atoms with Gasteiger partial charge in [0, 0.05) is 44.2 Å². The third-order valence-electron chi connectivity index (χ3n) is 5.04. The van der Waals surface area contributed by atoms with Crippen molar-refractivity contribution in [1.29, 1.82) is 0 Å². The summed E-state index contributed by atoms with van der Waals surface area (Å²) in [6.45, 7) is 7.32. The highest BCUT2D eigenvalue weighted by Crippen LogP contribution is 2.30. The Morgan fingerprint density at radius 3 is 2.24 bits per heavy atom. The van der Waals surface area contributed by atoms with Crippen molar-refractivity contribution < 1.29 is 14.7 Å². The predicted octanol–water partition coefficient (Wildman–Crippen LogP) is 2.39. The Labute approximate surface area is 147 Å². The van der Waals surface area contributed by atoms with Crippen LogP contribution in [0.25, 0.3) is 10.9 Å². The molecule has 1 fully saturated rings. The highest BCUT2D eigenvalue weighted by atomic mass is 16.4. The summed E-state index contributed by atoms with van der Waals surface area (Å²) in [4.78, 5) is 28.5. The monoisotopic (exact) mass is 343 g/mol. The maximum Gasteiger partial charge on any atom is 0.352 e. The lowest BCUT2D eigenvalue weighted by Crippen LogP contribution is -2.47. The van der Waals surface area contributed by atoms with Crippen molar-refractivity contribution >= 4 is 22.8 Å². The number of aryl methyl sites for hydroxylation is 1. The predicted molar refractivity (Wildman–Crippen MR) is 97.4 cm³/mol. The molecule has 134 valence electrons. The fraction of sp³-hybridized carbons (Fsp3) is 0.474. The number of hydrogen-bond acceptors (Lipinski definition) is 3. The molecule has 0 atom stereocenters. The molecule has 1 aromatic carbocycles. The van der Waals surface area contributed by atoms with Crippen molar-refractivity contribution in [3.05, 3.63) is 35.0 Å². The van der Waals surface area contributed by atoms with Gasteiger partial charge >= 0.3 is 5.97 Å². The topological polar surface area (TPSA) is 65.8 Å². The van der Waals surface area contributed by atoms with Gasteiger partial charge in [0.15, 0.2) is 0 Å². The highest BCUT2D eigenvalue weighted by molar-refractivity contribution is 6.02. The smallest absolute Gasteiger partial charge is 0.352 e. The first-order valence-electron chi connectivity index (χ1n) is 8.64. The van der Waals surface area contributed by atoms with E-state index in [1.165, 1.54) is 0 Å². The molecule has 1 N–H and O–H groups in total. The first kappa shape index (κ1) is 17.5. The average molecular weight is 343 g/mol. The maximum absolute atomic E-state index is 12.9. The summed E-state index contributed by atoms with van der Waals surface area (Å²) in [6.07, 6.45) is 0. The minimum atomic E-state index is -0.958. The molecule has 0 radical (unpaired) electrons. The maximum atomic E-state index is 12.9. The number of carbonyl (C=O) groups excluding carboxylic acids is 1. The third-order valence-corrected chi connectivity index (χ3v) is 5.04. The van der Waals surface area contributed by atoms with Crippen LogP contribution in [0.2, 0.25) is 0 Å². The van der Waals surface area contributed by atoms with Crippen molar-refractivity contribution in [2.75, 3.05) is 33.2 Å². The molecule has 1 saturated heterocycles. The number of carbonyl (C=O) groups is 2. The fourth-order valence-electron chi connectivity index (χ4n) is 3.50. The lowest BCUT2D eigenvalue weighted by Gasteiger charge is -2.32. The molecule has 1 aliphatic rings. The third kappa shape index (κ3) is 3.14. The van der Waals surface area contributed by atoms with Crippen molar-refractivity contribution in [3.8, 4) is 0 Å². The van der Waals surface area contributed by atoms with E-state index in [1.54, 1.807) is 17.7 Å². The molecule has 1 aliphatic heterocycles. The zero-order valence-electron chi connectivity index (χ0n) is 15.2. The van der Waals surface area contributed by atoms with E-state index in [9.17, 15) is 14.7 Å². The average Bonchev–Trinajstić information content (AvgIpc) is 2.91. The number of benzene rings is 1. The van der Waals surface area contributed by atoms with Crippen LogP contribution in [0.1, 0.15) is 46.2 Å². The molecule has 25 heavy (non-hydrogen) atoms. The molecule has 1 amide bonds. The van der Waals surface area contributed by atoms with E-state index < -0.39 is 5.97 Å². The van der Waals surface area contributed by atoms with E-state index in [0.717, 1.165) is 42.6 Å². The van der Waals surface area contributed by atoms with Gasteiger partial charge in [-0.2, -0.15) is 0 Å². The van der Waals surface area contributed by atoms with Crippen molar-refractivity contribution in [2.24, 2.45) is 7.05 Å². The van der Waals surface area contributed by atoms with Crippen molar-refractivity contribution in [3.63, 3.8) is 0 Å². The van der Waals surface area contributed by atoms with Gasteiger partial charge in [-0.25, -0.2) is 4.79 Å². The molecular formula is C19H25N3O3. The number of hydrogen-bond donors (Lipinski definition) is 1. The number of piperazine rings is 1. The van der Waals surface area contributed by atoms with Crippen LogP contribution in [0.4, 0.5) is 0 Å². The van der Waals surface area contributed by atoms with Gasteiger partial charge in [-0.3, -0.25) is 4.79 Å². The first-order valence-corrected chi connectivity index (χ1v) is 8.64. The number of carboxylic acids is 1. The van der Waals surface area contributed by atoms with Gasteiger partial charge in [0.2, 0.25) is 0 Å². The summed E-state index contributed by atoms with van der Waals surface area (Å²) in [7, 11) is 3.82. The summed E-state index contributed by atoms with van der Waals surface area (Å²) in [5.41, 5.74) is 2.77. The number of rotatable bonds is 3. The summed E-state index contributed by atoms with van der Waals surface area (Å²) in [5, 5.41) is 10.2. The van der Waals surface area contributed by atoms with E-state index in [-0.39, 0.29) is 17.5 Å². The Balaban J connectivity index is 2.08. The van der Waals surface area contributed by atoms with Crippen LogP contribution >= 0.6 is 0 Å². The number of fused-ring (bicyclic) bond motifs is 1. The van der Waals surface area contributed by atoms with Gasteiger partial charge in [-0.1, -0.05) is 13.8 Å². The number of amides is 1. The van der Waals surface area contributed by atoms with Crippen molar-refractivity contribution in [1.82, 2.24) is 14.4 Å². The highest BCUT2D eigenvalue weighted by Gasteiger charge is 2.23. The Bertz CT molecular complexity index is 830. The molecule has 3 rings (SSSR count). The summed E-state index contributed by atoms with van der Waals surface area (Å²) >= 11 is 0. The number of carboxylic acid groups (broad SMARTS) is 1. The molecule has 2 heterocycles. The second-order valence-corrected chi connectivity index (χ2v) is 7.15. The van der Waals surface area contributed by atoms with Crippen LogP contribution in [0.5, 0.6) is 0 Å². The Hall–Kier alpha value is -2.34. The van der Waals surface area contributed by atoms with Crippen LogP contribution in [0, 0.1) is 0 Å². The van der Waals surface area contributed by atoms with Gasteiger partial charge in [0.1, 0.15) is 5.69 Å². The quantitative estimate of drug-likeness (QED) is 0.929. The molecule has 6 nitrogen and oxygen atoms in total. The molecular weight excluding hydrogens is 318 g/mol. The molecule has 1 aromatic heterocycles. The Morgan fingerprint density at radius 2 is 1.68 bits per heavy atom. The number of likely N-dealkylation sites (N-methyl/N-ethyl adjacent to an activating group) is 1. The van der Waals surface area contributed by atoms with Crippen LogP contribution in [-0.4, -0.2) is 64.6 Å². The number of aromatic nitrogens is 1. The Morgan fingerprint density at radius 1 is 1.04 bits per heavy atom. The largest absolute Gasteiger partial charge is 0.477 e. The van der Waals surface area contributed by atoms with E-state index in [1.807, 2.05) is 17.0 Å². The summed E-state index contributed by atoms with van der Waals surface area (Å²) < 4.78 is 1.71.